The number of alkyl halides is 1. The molecule has 1 heterocycles. The van der Waals surface area contributed by atoms with Gasteiger partial charge in [-0.25, -0.2) is 13.1 Å². The van der Waals surface area contributed by atoms with Gasteiger partial charge in [0.05, 0.1) is 5.69 Å². The number of hydrogen-bond acceptors (Lipinski definition) is 4. The van der Waals surface area contributed by atoms with Gasteiger partial charge in [0, 0.05) is 11.5 Å². The highest BCUT2D eigenvalue weighted by molar-refractivity contribution is 7.93. The maximum Gasteiger partial charge on any atom is 0.249 e. The van der Waals surface area contributed by atoms with Crippen LogP contribution < -0.4 is 4.72 Å². The Morgan fingerprint density at radius 1 is 1.53 bits per heavy atom. The van der Waals surface area contributed by atoms with E-state index in [1.807, 2.05) is 20.8 Å². The molecule has 0 radical (unpaired) electrons. The van der Waals surface area contributed by atoms with Gasteiger partial charge in [0.1, 0.15) is 5.21 Å². The Morgan fingerprint density at radius 3 is 2.53 bits per heavy atom. The third-order valence-electron chi connectivity index (χ3n) is 1.68. The van der Waals surface area contributed by atoms with E-state index in [0.717, 1.165) is 0 Å². The summed E-state index contributed by atoms with van der Waals surface area (Å²) in [6.45, 7) is 5.85. The lowest BCUT2D eigenvalue weighted by atomic mass is 9.92. The number of anilines is 1. The number of sulfonamides is 1. The Hall–Kier alpha value is -0.750. The molecule has 1 aromatic heterocycles. The third kappa shape index (κ3) is 3.39. The molecular formula is C8H13ClN2O3S. The van der Waals surface area contributed by atoms with E-state index in [0.29, 0.717) is 5.69 Å². The normalized spacial score (nSPS) is 12.8. The lowest BCUT2D eigenvalue weighted by molar-refractivity contribution is 0.405. The average molecular weight is 253 g/mol. The molecule has 0 atom stereocenters. The number of halogens is 1. The molecule has 1 N–H and O–H groups in total. The van der Waals surface area contributed by atoms with Crippen LogP contribution in [0.1, 0.15) is 26.5 Å². The largest absolute Gasteiger partial charge is 0.338 e. The van der Waals surface area contributed by atoms with E-state index in [1.54, 1.807) is 6.07 Å². The van der Waals surface area contributed by atoms with Crippen molar-refractivity contribution in [1.29, 1.82) is 0 Å². The predicted molar refractivity (Wildman–Crippen MR) is 58.5 cm³/mol. The molecular weight excluding hydrogens is 240 g/mol. The average Bonchev–Trinajstić information content (AvgIpc) is 2.51. The molecule has 0 bridgehead atoms. The second kappa shape index (κ2) is 4.02. The summed E-state index contributed by atoms with van der Waals surface area (Å²) < 4.78 is 29.2. The highest BCUT2D eigenvalue weighted by atomic mass is 35.5. The van der Waals surface area contributed by atoms with E-state index < -0.39 is 15.2 Å². The molecule has 0 saturated carbocycles. The zero-order valence-electron chi connectivity index (χ0n) is 8.74. The third-order valence-corrected chi connectivity index (χ3v) is 3.34. The van der Waals surface area contributed by atoms with Crippen molar-refractivity contribution in [3.63, 3.8) is 0 Å². The molecule has 0 aliphatic rings. The fourth-order valence-corrected chi connectivity index (χ4v) is 1.48. The topological polar surface area (TPSA) is 72.2 Å². The van der Waals surface area contributed by atoms with Gasteiger partial charge in [-0.2, -0.15) is 0 Å². The molecule has 0 spiro atoms. The molecule has 5 nitrogen and oxygen atoms in total. The summed E-state index contributed by atoms with van der Waals surface area (Å²) in [7, 11) is -3.52. The second-order valence-corrected chi connectivity index (χ2v) is 6.46. The monoisotopic (exact) mass is 252 g/mol. The number of aromatic nitrogens is 1. The Kier molecular flexibility index (Phi) is 3.30. The Bertz CT molecular complexity index is 433. The molecule has 1 aromatic rings. The zero-order valence-corrected chi connectivity index (χ0v) is 10.3. The van der Waals surface area contributed by atoms with Gasteiger partial charge in [-0.1, -0.05) is 25.9 Å². The van der Waals surface area contributed by atoms with Crippen LogP contribution in [0.5, 0.6) is 0 Å². The zero-order chi connectivity index (χ0) is 11.7. The van der Waals surface area contributed by atoms with Crippen molar-refractivity contribution >= 4 is 27.5 Å². The van der Waals surface area contributed by atoms with Crippen molar-refractivity contribution in [3.05, 3.63) is 11.8 Å². The first kappa shape index (κ1) is 12.3. The Labute approximate surface area is 93.8 Å². The van der Waals surface area contributed by atoms with Crippen LogP contribution in [0.15, 0.2) is 10.6 Å². The van der Waals surface area contributed by atoms with E-state index >= 15 is 0 Å². The van der Waals surface area contributed by atoms with Gasteiger partial charge in [-0.05, 0) is 0 Å². The van der Waals surface area contributed by atoms with Gasteiger partial charge in [0.2, 0.25) is 15.9 Å². The number of rotatable bonds is 3. The van der Waals surface area contributed by atoms with E-state index in [-0.39, 0.29) is 11.3 Å². The van der Waals surface area contributed by atoms with Crippen LogP contribution in [0.4, 0.5) is 5.88 Å². The standard InChI is InChI=1S/C8H13ClN2O3S/c1-8(2,3)6-4-7(14-10-6)11-15(12,13)5-9/h4,11H,5H2,1-3H3. The van der Waals surface area contributed by atoms with Crippen molar-refractivity contribution in [2.24, 2.45) is 0 Å². The number of nitrogens with one attached hydrogen (secondary N) is 1. The second-order valence-electron chi connectivity index (χ2n) is 4.15. The highest BCUT2D eigenvalue weighted by Gasteiger charge is 2.20. The smallest absolute Gasteiger partial charge is 0.249 e. The minimum absolute atomic E-state index is 0.0839. The van der Waals surface area contributed by atoms with Crippen LogP contribution in [0, 0.1) is 0 Å². The van der Waals surface area contributed by atoms with E-state index in [2.05, 4.69) is 9.88 Å². The van der Waals surface area contributed by atoms with Gasteiger partial charge >= 0.3 is 0 Å². The molecule has 15 heavy (non-hydrogen) atoms. The fraction of sp³-hybridized carbons (Fsp3) is 0.625. The van der Waals surface area contributed by atoms with Crippen molar-refractivity contribution in [1.82, 2.24) is 5.16 Å². The van der Waals surface area contributed by atoms with Gasteiger partial charge < -0.3 is 4.52 Å². The van der Waals surface area contributed by atoms with Crippen LogP contribution in [-0.2, 0) is 15.4 Å². The van der Waals surface area contributed by atoms with Gasteiger partial charge in [0.15, 0.2) is 0 Å². The van der Waals surface area contributed by atoms with E-state index in [9.17, 15) is 8.42 Å². The van der Waals surface area contributed by atoms with Crippen molar-refractivity contribution in [3.8, 4) is 0 Å². The van der Waals surface area contributed by atoms with Crippen molar-refractivity contribution < 1.29 is 12.9 Å². The highest BCUT2D eigenvalue weighted by Crippen LogP contribution is 2.24. The van der Waals surface area contributed by atoms with Gasteiger partial charge in [-0.3, -0.25) is 0 Å². The lowest BCUT2D eigenvalue weighted by Gasteiger charge is -2.12. The molecule has 7 heteroatoms. The molecule has 86 valence electrons. The number of nitrogens with zero attached hydrogens (tertiary/aromatic N) is 1. The van der Waals surface area contributed by atoms with Gasteiger partial charge in [-0.15, -0.1) is 11.6 Å². The Balaban J connectivity index is 2.87. The van der Waals surface area contributed by atoms with Gasteiger partial charge in [0.25, 0.3) is 0 Å². The van der Waals surface area contributed by atoms with Crippen LogP contribution in [0.2, 0.25) is 0 Å². The first-order valence-corrected chi connectivity index (χ1v) is 6.47. The SMILES string of the molecule is CC(C)(C)c1cc(NS(=O)(=O)CCl)on1. The molecule has 0 saturated heterocycles. The van der Waals surface area contributed by atoms with Crippen molar-refractivity contribution in [2.45, 2.75) is 26.2 Å². The molecule has 0 unspecified atom stereocenters. The van der Waals surface area contributed by atoms with Crippen LogP contribution in [0.3, 0.4) is 0 Å². The van der Waals surface area contributed by atoms with Crippen LogP contribution >= 0.6 is 11.6 Å². The Morgan fingerprint density at radius 2 is 2.13 bits per heavy atom. The molecule has 0 amide bonds. The first-order valence-electron chi connectivity index (χ1n) is 4.28. The minimum atomic E-state index is -3.52. The molecule has 0 aliphatic heterocycles. The van der Waals surface area contributed by atoms with Crippen LogP contribution in [-0.4, -0.2) is 18.8 Å². The summed E-state index contributed by atoms with van der Waals surface area (Å²) in [4.78, 5) is 0. The van der Waals surface area contributed by atoms with E-state index in [1.165, 1.54) is 0 Å². The summed E-state index contributed by atoms with van der Waals surface area (Å²) in [5.74, 6) is 0.0839. The summed E-state index contributed by atoms with van der Waals surface area (Å²) >= 11 is 5.23. The summed E-state index contributed by atoms with van der Waals surface area (Å²) in [5.41, 5.74) is 0.489. The van der Waals surface area contributed by atoms with Crippen molar-refractivity contribution in [2.75, 3.05) is 9.93 Å². The summed E-state index contributed by atoms with van der Waals surface area (Å²) in [6.07, 6.45) is 0. The summed E-state index contributed by atoms with van der Waals surface area (Å²) in [6, 6.07) is 1.55. The maximum atomic E-state index is 11.1. The molecule has 0 fully saturated rings. The minimum Gasteiger partial charge on any atom is -0.338 e. The predicted octanol–water partition coefficient (Wildman–Crippen LogP) is 1.91. The summed E-state index contributed by atoms with van der Waals surface area (Å²) in [5, 5.41) is 3.25. The fourth-order valence-electron chi connectivity index (χ4n) is 0.857. The van der Waals surface area contributed by atoms with Crippen LogP contribution in [0.25, 0.3) is 0 Å². The maximum absolute atomic E-state index is 11.1. The molecule has 0 aliphatic carbocycles. The van der Waals surface area contributed by atoms with E-state index in [4.69, 9.17) is 16.1 Å². The molecule has 1 rings (SSSR count). The lowest BCUT2D eigenvalue weighted by Crippen LogP contribution is -2.13. The quantitative estimate of drug-likeness (QED) is 0.834. The first-order chi connectivity index (χ1) is 6.74. The molecule has 0 aromatic carbocycles. The number of hydrogen-bond donors (Lipinski definition) is 1.